The lowest BCUT2D eigenvalue weighted by Crippen LogP contribution is -2.63. The summed E-state index contributed by atoms with van der Waals surface area (Å²) in [7, 11) is 2.03. The number of carbonyl (C=O) groups is 3. The summed E-state index contributed by atoms with van der Waals surface area (Å²) >= 11 is 0. The van der Waals surface area contributed by atoms with Crippen molar-refractivity contribution in [1.82, 2.24) is 25.3 Å². The molecule has 6 atom stereocenters. The van der Waals surface area contributed by atoms with Gasteiger partial charge in [0.2, 0.25) is 11.8 Å². The van der Waals surface area contributed by atoms with Gasteiger partial charge in [0.1, 0.15) is 18.2 Å². The van der Waals surface area contributed by atoms with Crippen LogP contribution in [-0.4, -0.2) is 112 Å². The highest BCUT2D eigenvalue weighted by Crippen LogP contribution is 2.29. The summed E-state index contributed by atoms with van der Waals surface area (Å²) in [5.41, 5.74) is 0.931. The normalized spacial score (nSPS) is 19.9. The number of amides is 4. The van der Waals surface area contributed by atoms with Gasteiger partial charge in [-0.15, -0.1) is 0 Å². The van der Waals surface area contributed by atoms with Gasteiger partial charge in [0.05, 0.1) is 12.1 Å². The number of hydrogen-bond acceptors (Lipinski definition) is 6. The Morgan fingerprint density at radius 1 is 0.898 bits per heavy atom. The molecule has 2 fully saturated rings. The molecular weight excluding hydrogens is 618 g/mol. The van der Waals surface area contributed by atoms with Crippen LogP contribution in [0.25, 0.3) is 10.8 Å². The van der Waals surface area contributed by atoms with E-state index in [1.807, 2.05) is 71.1 Å². The Morgan fingerprint density at radius 3 is 2.18 bits per heavy atom. The van der Waals surface area contributed by atoms with E-state index >= 15 is 0 Å². The smallest absolute Gasteiger partial charge is 0.318 e. The van der Waals surface area contributed by atoms with Crippen LogP contribution in [0.15, 0.2) is 42.5 Å². The van der Waals surface area contributed by atoms with Crippen LogP contribution in [0.2, 0.25) is 0 Å². The van der Waals surface area contributed by atoms with Crippen LogP contribution in [0.3, 0.4) is 0 Å². The van der Waals surface area contributed by atoms with Gasteiger partial charge in [-0.05, 0) is 67.8 Å². The molecule has 4 N–H and O–H groups in total. The molecule has 0 bridgehead atoms. The van der Waals surface area contributed by atoms with Gasteiger partial charge in [-0.3, -0.25) is 9.59 Å². The van der Waals surface area contributed by atoms with Crippen molar-refractivity contribution in [3.8, 4) is 0 Å². The Balaban J connectivity index is 1.62. The van der Waals surface area contributed by atoms with E-state index in [9.17, 15) is 24.6 Å². The summed E-state index contributed by atoms with van der Waals surface area (Å²) in [6.45, 7) is 12.4. The lowest BCUT2D eigenvalue weighted by atomic mass is 9.88. The Kier molecular flexibility index (Phi) is 14.3. The first-order valence-electron chi connectivity index (χ1n) is 18.6. The highest BCUT2D eigenvalue weighted by molar-refractivity contribution is 5.92. The second-order valence-electron chi connectivity index (χ2n) is 15.0. The maximum atomic E-state index is 14.6. The zero-order valence-corrected chi connectivity index (χ0v) is 30.6. The molecule has 0 radical (unpaired) electrons. The van der Waals surface area contributed by atoms with E-state index in [0.717, 1.165) is 61.5 Å². The van der Waals surface area contributed by atoms with Gasteiger partial charge >= 0.3 is 6.03 Å². The van der Waals surface area contributed by atoms with Gasteiger partial charge in [0.15, 0.2) is 0 Å². The van der Waals surface area contributed by atoms with Crippen molar-refractivity contribution in [3.63, 3.8) is 0 Å². The number of nitrogens with zero attached hydrogens (tertiary/aromatic N) is 3. The molecular formula is C39H61N5O5. The first-order chi connectivity index (χ1) is 23.4. The van der Waals surface area contributed by atoms with Crippen molar-refractivity contribution >= 4 is 28.6 Å². The van der Waals surface area contributed by atoms with E-state index < -0.39 is 30.3 Å². The summed E-state index contributed by atoms with van der Waals surface area (Å²) in [5.74, 6) is -0.643. The van der Waals surface area contributed by atoms with Crippen LogP contribution in [0.1, 0.15) is 85.1 Å². The minimum Gasteiger partial charge on any atom is -0.390 e. The van der Waals surface area contributed by atoms with Gasteiger partial charge in [0, 0.05) is 32.2 Å². The van der Waals surface area contributed by atoms with Crippen LogP contribution >= 0.6 is 0 Å². The summed E-state index contributed by atoms with van der Waals surface area (Å²) in [5, 5.41) is 30.9. The number of hydrogen-bond donors (Lipinski definition) is 4. The summed E-state index contributed by atoms with van der Waals surface area (Å²) in [4.78, 5) is 48.0. The molecule has 4 rings (SSSR count). The van der Waals surface area contributed by atoms with E-state index in [1.54, 1.807) is 16.7 Å². The van der Waals surface area contributed by atoms with Gasteiger partial charge in [-0.25, -0.2) is 4.79 Å². The molecule has 0 aromatic heterocycles. The second kappa shape index (κ2) is 18.2. The number of aliphatic hydroxyl groups excluding tert-OH is 2. The Hall–Kier alpha value is -3.21. The predicted octanol–water partition coefficient (Wildman–Crippen LogP) is 4.56. The van der Waals surface area contributed by atoms with E-state index in [1.165, 1.54) is 0 Å². The Morgan fingerprint density at radius 2 is 1.55 bits per heavy atom. The third-order valence-corrected chi connectivity index (χ3v) is 10.6. The summed E-state index contributed by atoms with van der Waals surface area (Å²) in [6.07, 6.45) is 3.72. The monoisotopic (exact) mass is 679 g/mol. The molecule has 272 valence electrons. The minimum atomic E-state index is -1.21. The van der Waals surface area contributed by atoms with Gasteiger partial charge in [-0.2, -0.15) is 0 Å². The van der Waals surface area contributed by atoms with E-state index in [0.29, 0.717) is 32.4 Å². The first-order valence-corrected chi connectivity index (χ1v) is 18.6. The van der Waals surface area contributed by atoms with E-state index in [2.05, 4.69) is 21.6 Å². The summed E-state index contributed by atoms with van der Waals surface area (Å²) < 4.78 is 0. The van der Waals surface area contributed by atoms with Crippen LogP contribution in [0.5, 0.6) is 0 Å². The third-order valence-electron chi connectivity index (χ3n) is 10.6. The fraction of sp³-hybridized carbons (Fsp3) is 0.667. The van der Waals surface area contributed by atoms with Gasteiger partial charge in [-0.1, -0.05) is 95.8 Å². The number of fused-ring (bicyclic) bond motifs is 1. The second-order valence-corrected chi connectivity index (χ2v) is 15.0. The van der Waals surface area contributed by atoms with Crippen LogP contribution in [-0.2, 0) is 16.0 Å². The number of urea groups is 1. The SMILES string of the molecule is CC[C@H](C)[C@@H](C(=O)N[C@@H](Cc1ccc2ccccc2c1)[C@@H](O)[C@@H](O)CC(C)C)N(C(=O)[C@H](C)NC(=O)N1CCN(C)CC1)C1CCCCC1. The van der Waals surface area contributed by atoms with Crippen molar-refractivity contribution in [2.45, 2.75) is 122 Å². The lowest BCUT2D eigenvalue weighted by Gasteiger charge is -2.43. The fourth-order valence-electron chi connectivity index (χ4n) is 7.39. The highest BCUT2D eigenvalue weighted by atomic mass is 16.3. The lowest BCUT2D eigenvalue weighted by molar-refractivity contribution is -0.148. The number of aliphatic hydroxyl groups is 2. The predicted molar refractivity (Wildman–Crippen MR) is 195 cm³/mol. The van der Waals surface area contributed by atoms with E-state index in [-0.39, 0.29) is 35.7 Å². The number of benzene rings is 2. The van der Waals surface area contributed by atoms with Crippen LogP contribution < -0.4 is 10.6 Å². The maximum Gasteiger partial charge on any atom is 0.318 e. The molecule has 0 spiro atoms. The molecule has 4 amide bonds. The molecule has 2 aromatic rings. The topological polar surface area (TPSA) is 125 Å². The fourth-order valence-corrected chi connectivity index (χ4v) is 7.39. The molecule has 2 aliphatic rings. The number of likely N-dealkylation sites (N-methyl/N-ethyl adjacent to an activating group) is 1. The van der Waals surface area contributed by atoms with Gasteiger partial charge in [0.25, 0.3) is 0 Å². The summed E-state index contributed by atoms with van der Waals surface area (Å²) in [6, 6.07) is 11.3. The zero-order chi connectivity index (χ0) is 35.7. The minimum absolute atomic E-state index is 0.135. The average Bonchev–Trinajstić information content (AvgIpc) is 3.09. The molecule has 49 heavy (non-hydrogen) atoms. The molecule has 2 aromatic carbocycles. The Labute approximate surface area is 293 Å². The maximum absolute atomic E-state index is 14.6. The van der Waals surface area contributed by atoms with Crippen molar-refractivity contribution in [2.75, 3.05) is 33.2 Å². The highest BCUT2D eigenvalue weighted by Gasteiger charge is 2.42. The largest absolute Gasteiger partial charge is 0.390 e. The molecule has 10 heteroatoms. The molecule has 1 heterocycles. The number of carbonyl (C=O) groups excluding carboxylic acids is 3. The quantitative estimate of drug-likeness (QED) is 0.232. The standard InChI is InChI=1S/C39H61N5O5/c1-7-27(4)35(44(32-15-9-8-10-16-32)38(48)28(5)40-39(49)43-21-19-42(6)20-22-43)37(47)41-33(36(46)34(45)23-26(2)3)25-29-17-18-30-13-11-12-14-31(30)24-29/h11-14,17-18,24,26-28,32-36,45-46H,7-10,15-16,19-23,25H2,1-6H3,(H,40,49)(H,41,47)/t27-,28-,33-,34-,35-,36+/m0/s1. The van der Waals surface area contributed by atoms with Crippen molar-refractivity contribution < 1.29 is 24.6 Å². The van der Waals surface area contributed by atoms with Crippen molar-refractivity contribution in [3.05, 3.63) is 48.0 Å². The zero-order valence-electron chi connectivity index (χ0n) is 30.6. The average molecular weight is 680 g/mol. The van der Waals surface area contributed by atoms with Gasteiger partial charge < -0.3 is 35.5 Å². The third kappa shape index (κ3) is 10.4. The van der Waals surface area contributed by atoms with E-state index in [4.69, 9.17) is 0 Å². The number of nitrogens with one attached hydrogen (secondary N) is 2. The molecule has 1 aliphatic carbocycles. The molecule has 1 saturated carbocycles. The van der Waals surface area contributed by atoms with Crippen LogP contribution in [0, 0.1) is 11.8 Å². The Bertz CT molecular complexity index is 1370. The van der Waals surface area contributed by atoms with Crippen molar-refractivity contribution in [2.24, 2.45) is 11.8 Å². The number of rotatable bonds is 14. The molecule has 0 unspecified atom stereocenters. The molecule has 1 saturated heterocycles. The van der Waals surface area contributed by atoms with Crippen LogP contribution in [0.4, 0.5) is 4.79 Å². The van der Waals surface area contributed by atoms with Crippen molar-refractivity contribution in [1.29, 1.82) is 0 Å². The molecule has 1 aliphatic heterocycles. The first kappa shape index (κ1) is 38.6. The molecule has 10 nitrogen and oxygen atoms in total. The number of piperazine rings is 1.